The third kappa shape index (κ3) is 3.03. The average molecular weight is 331 g/mol. The van der Waals surface area contributed by atoms with Gasteiger partial charge in [0.15, 0.2) is 23.2 Å². The number of H-pyrrole nitrogens is 1. The van der Waals surface area contributed by atoms with Gasteiger partial charge in [-0.05, 0) is 25.0 Å². The van der Waals surface area contributed by atoms with Gasteiger partial charge in [0.25, 0.3) is 0 Å². The lowest BCUT2D eigenvalue weighted by Gasteiger charge is -2.07. The van der Waals surface area contributed by atoms with Gasteiger partial charge in [0.2, 0.25) is 0 Å². The second kappa shape index (κ2) is 6.64. The van der Waals surface area contributed by atoms with Crippen LogP contribution in [0.3, 0.4) is 0 Å². The highest BCUT2D eigenvalue weighted by Gasteiger charge is 2.16. The molecule has 0 aromatic carbocycles. The number of allylic oxidation sites excluding steroid dienone is 4. The normalized spacial score (nSPS) is 13.6. The minimum atomic E-state index is 0.581. The van der Waals surface area contributed by atoms with Crippen LogP contribution in [-0.4, -0.2) is 37.2 Å². The van der Waals surface area contributed by atoms with Gasteiger partial charge in [0.05, 0.1) is 11.9 Å². The molecule has 7 nitrogen and oxygen atoms in total. The van der Waals surface area contributed by atoms with Gasteiger partial charge in [0, 0.05) is 30.6 Å². The van der Waals surface area contributed by atoms with Crippen molar-refractivity contribution in [2.75, 3.05) is 12.4 Å². The van der Waals surface area contributed by atoms with Crippen LogP contribution in [0.1, 0.15) is 18.7 Å². The van der Waals surface area contributed by atoms with Gasteiger partial charge in [-0.2, -0.15) is 5.10 Å². The summed E-state index contributed by atoms with van der Waals surface area (Å²) in [5, 5.41) is 10.4. The topological polar surface area (TPSA) is 92.3 Å². The van der Waals surface area contributed by atoms with E-state index in [9.17, 15) is 0 Å². The molecule has 3 heterocycles. The SMILES string of the molecule is CNc1ncc(-c2cccnc2)nc1-c1nc(C2=CCCC=C2)n[nH]1. The van der Waals surface area contributed by atoms with Crippen LogP contribution in [0.25, 0.3) is 28.3 Å². The Morgan fingerprint density at radius 1 is 1.16 bits per heavy atom. The van der Waals surface area contributed by atoms with Gasteiger partial charge in [0.1, 0.15) is 0 Å². The van der Waals surface area contributed by atoms with Crippen molar-refractivity contribution in [3.8, 4) is 22.8 Å². The summed E-state index contributed by atoms with van der Waals surface area (Å²) in [6.45, 7) is 0. The summed E-state index contributed by atoms with van der Waals surface area (Å²) in [4.78, 5) is 17.9. The van der Waals surface area contributed by atoms with E-state index in [0.717, 1.165) is 29.7 Å². The summed E-state index contributed by atoms with van der Waals surface area (Å²) in [6, 6.07) is 3.82. The Labute approximate surface area is 145 Å². The van der Waals surface area contributed by atoms with Crippen molar-refractivity contribution in [1.29, 1.82) is 0 Å². The molecule has 0 amide bonds. The second-order valence-corrected chi connectivity index (χ2v) is 5.59. The van der Waals surface area contributed by atoms with Crippen LogP contribution in [0, 0.1) is 0 Å². The number of aromatic nitrogens is 6. The summed E-state index contributed by atoms with van der Waals surface area (Å²) in [5.74, 6) is 1.89. The number of hydrogen-bond acceptors (Lipinski definition) is 6. The van der Waals surface area contributed by atoms with Crippen LogP contribution in [0.15, 0.2) is 49.0 Å². The van der Waals surface area contributed by atoms with E-state index in [1.165, 1.54) is 0 Å². The van der Waals surface area contributed by atoms with E-state index in [1.54, 1.807) is 25.6 Å². The molecule has 0 atom stereocenters. The lowest BCUT2D eigenvalue weighted by atomic mass is 10.1. The van der Waals surface area contributed by atoms with Crippen molar-refractivity contribution >= 4 is 11.4 Å². The molecule has 1 aliphatic rings. The summed E-state index contributed by atoms with van der Waals surface area (Å²) in [5.41, 5.74) is 3.28. The van der Waals surface area contributed by atoms with Crippen LogP contribution in [0.5, 0.6) is 0 Å². The van der Waals surface area contributed by atoms with E-state index >= 15 is 0 Å². The highest BCUT2D eigenvalue weighted by molar-refractivity contribution is 5.74. The standard InChI is InChI=1S/C18H17N7/c1-19-17-15(22-14(11-21-17)13-8-5-9-20-10-13)18-23-16(24-25-18)12-6-3-2-4-7-12/h3,5-11H,2,4H2,1H3,(H,19,21)(H,23,24,25). The van der Waals surface area contributed by atoms with E-state index in [4.69, 9.17) is 4.98 Å². The number of anilines is 1. The first-order chi connectivity index (χ1) is 12.3. The Kier molecular flexibility index (Phi) is 4.04. The number of hydrogen-bond donors (Lipinski definition) is 2. The van der Waals surface area contributed by atoms with Gasteiger partial charge in [-0.3, -0.25) is 10.1 Å². The molecule has 3 aromatic rings. The predicted molar refractivity (Wildman–Crippen MR) is 96.5 cm³/mol. The lowest BCUT2D eigenvalue weighted by molar-refractivity contribution is 1.02. The molecular formula is C18H17N7. The smallest absolute Gasteiger partial charge is 0.181 e. The minimum absolute atomic E-state index is 0.581. The Morgan fingerprint density at radius 3 is 2.88 bits per heavy atom. The molecule has 0 fully saturated rings. The first-order valence-corrected chi connectivity index (χ1v) is 8.10. The van der Waals surface area contributed by atoms with Crippen LogP contribution in [-0.2, 0) is 0 Å². The second-order valence-electron chi connectivity index (χ2n) is 5.59. The molecule has 25 heavy (non-hydrogen) atoms. The molecule has 0 saturated carbocycles. The summed E-state index contributed by atoms with van der Waals surface area (Å²) < 4.78 is 0. The molecule has 3 aromatic heterocycles. The molecule has 0 aliphatic heterocycles. The molecule has 0 radical (unpaired) electrons. The van der Waals surface area contributed by atoms with Crippen molar-refractivity contribution in [2.24, 2.45) is 0 Å². The number of rotatable bonds is 4. The van der Waals surface area contributed by atoms with Gasteiger partial charge in [-0.1, -0.05) is 18.2 Å². The zero-order valence-corrected chi connectivity index (χ0v) is 13.8. The maximum absolute atomic E-state index is 4.71. The average Bonchev–Trinajstić information content (AvgIpc) is 3.19. The highest BCUT2D eigenvalue weighted by atomic mass is 15.2. The van der Waals surface area contributed by atoms with E-state index in [0.29, 0.717) is 23.2 Å². The third-order valence-electron chi connectivity index (χ3n) is 3.93. The van der Waals surface area contributed by atoms with Crippen molar-refractivity contribution < 1.29 is 0 Å². The molecule has 4 rings (SSSR count). The molecule has 1 aliphatic carbocycles. The molecule has 0 bridgehead atoms. The van der Waals surface area contributed by atoms with Crippen LogP contribution in [0.2, 0.25) is 0 Å². The Bertz CT molecular complexity index is 941. The van der Waals surface area contributed by atoms with Gasteiger partial charge in [-0.15, -0.1) is 0 Å². The van der Waals surface area contributed by atoms with Gasteiger partial charge < -0.3 is 5.32 Å². The summed E-state index contributed by atoms with van der Waals surface area (Å²) in [7, 11) is 1.81. The zero-order valence-electron chi connectivity index (χ0n) is 13.8. The maximum Gasteiger partial charge on any atom is 0.181 e. The monoisotopic (exact) mass is 331 g/mol. The summed E-state index contributed by atoms with van der Waals surface area (Å²) >= 11 is 0. The fraction of sp³-hybridized carbons (Fsp3) is 0.167. The molecule has 2 N–H and O–H groups in total. The fourth-order valence-electron chi connectivity index (χ4n) is 2.67. The minimum Gasteiger partial charge on any atom is -0.371 e. The molecule has 124 valence electrons. The third-order valence-corrected chi connectivity index (χ3v) is 3.93. The van der Waals surface area contributed by atoms with Crippen molar-refractivity contribution in [3.05, 3.63) is 54.8 Å². The van der Waals surface area contributed by atoms with Crippen LogP contribution in [0.4, 0.5) is 5.82 Å². The van der Waals surface area contributed by atoms with E-state index in [2.05, 4.69) is 42.6 Å². The van der Waals surface area contributed by atoms with Crippen molar-refractivity contribution in [1.82, 2.24) is 30.1 Å². The Morgan fingerprint density at radius 2 is 2.12 bits per heavy atom. The summed E-state index contributed by atoms with van der Waals surface area (Å²) in [6.07, 6.45) is 13.6. The van der Waals surface area contributed by atoms with E-state index in [1.807, 2.05) is 18.2 Å². The maximum atomic E-state index is 4.71. The molecule has 7 heteroatoms. The zero-order chi connectivity index (χ0) is 17.1. The Balaban J connectivity index is 1.75. The quantitative estimate of drug-likeness (QED) is 0.763. The fourth-order valence-corrected chi connectivity index (χ4v) is 2.67. The van der Waals surface area contributed by atoms with Crippen molar-refractivity contribution in [3.63, 3.8) is 0 Å². The van der Waals surface area contributed by atoms with E-state index < -0.39 is 0 Å². The van der Waals surface area contributed by atoms with E-state index in [-0.39, 0.29) is 0 Å². The molecule has 0 saturated heterocycles. The number of pyridine rings is 1. The predicted octanol–water partition coefficient (Wildman–Crippen LogP) is 3.10. The Hall–Kier alpha value is -3.35. The number of nitrogens with zero attached hydrogens (tertiary/aromatic N) is 5. The number of aromatic amines is 1. The lowest BCUT2D eigenvalue weighted by Crippen LogP contribution is -2.01. The molecule has 0 spiro atoms. The number of nitrogens with one attached hydrogen (secondary N) is 2. The largest absolute Gasteiger partial charge is 0.371 e. The first-order valence-electron chi connectivity index (χ1n) is 8.10. The van der Waals surface area contributed by atoms with Gasteiger partial charge >= 0.3 is 0 Å². The van der Waals surface area contributed by atoms with Crippen LogP contribution < -0.4 is 5.32 Å². The highest BCUT2D eigenvalue weighted by Crippen LogP contribution is 2.26. The van der Waals surface area contributed by atoms with Crippen molar-refractivity contribution in [2.45, 2.75) is 12.8 Å². The molecular weight excluding hydrogens is 314 g/mol. The van der Waals surface area contributed by atoms with Crippen LogP contribution >= 0.6 is 0 Å². The van der Waals surface area contributed by atoms with Gasteiger partial charge in [-0.25, -0.2) is 15.0 Å². The molecule has 0 unspecified atom stereocenters. The first kappa shape index (κ1) is 15.2.